The van der Waals surface area contributed by atoms with Gasteiger partial charge in [0.15, 0.2) is 17.1 Å². The second-order valence-corrected chi connectivity index (χ2v) is 23.3. The van der Waals surface area contributed by atoms with Crippen molar-refractivity contribution in [3.8, 4) is 5.75 Å². The molecule has 3 aliphatic heterocycles. The van der Waals surface area contributed by atoms with Crippen LogP contribution in [0.1, 0.15) is 66.7 Å². The van der Waals surface area contributed by atoms with Gasteiger partial charge in [-0.1, -0.05) is 19.0 Å². The molecule has 3 amide bonds. The molecule has 99 heavy (non-hydrogen) atoms. The van der Waals surface area contributed by atoms with Crippen LogP contribution in [0.4, 0.5) is 79.9 Å². The van der Waals surface area contributed by atoms with E-state index in [0.29, 0.717) is 56.6 Å². The van der Waals surface area contributed by atoms with Crippen molar-refractivity contribution < 1.29 is 33.3 Å². The Morgan fingerprint density at radius 3 is 1.12 bits per heavy atom. The number of benzene rings is 3. The summed E-state index contributed by atoms with van der Waals surface area (Å²) >= 11 is 5.87. The molecule has 26 heteroatoms. The van der Waals surface area contributed by atoms with Crippen molar-refractivity contribution in [2.75, 3.05) is 154 Å². The third-order valence-electron chi connectivity index (χ3n) is 16.1. The lowest BCUT2D eigenvalue weighted by Gasteiger charge is -2.29. The fourth-order valence-corrected chi connectivity index (χ4v) is 10.7. The van der Waals surface area contributed by atoms with Crippen molar-refractivity contribution in [3.63, 3.8) is 0 Å². The van der Waals surface area contributed by atoms with E-state index < -0.39 is 0 Å². The highest BCUT2D eigenvalue weighted by Gasteiger charge is 2.19. The van der Waals surface area contributed by atoms with Crippen molar-refractivity contribution in [2.45, 2.75) is 42.0 Å². The molecule has 0 spiro atoms. The maximum absolute atomic E-state index is 12.1. The molecule has 9 heterocycles. The Kier molecular flexibility index (Phi) is 27.2. The zero-order valence-electron chi connectivity index (χ0n) is 56.7. The van der Waals surface area contributed by atoms with Gasteiger partial charge in [0.25, 0.3) is 17.7 Å². The van der Waals surface area contributed by atoms with Crippen LogP contribution in [0.25, 0.3) is 0 Å². The van der Waals surface area contributed by atoms with E-state index in [1.807, 2.05) is 63.2 Å². The Balaban J connectivity index is 0.000000175. The number of carbonyl (C=O) groups is 3. The SMILES string of the molecule is C.CNC(=O)c1ncccc1Nc1cc(Cl)ncc1C.CNC(=O)c1ncccc1Nc1cc(Nc2ccc(N3CCOCC3)cc2C)ncc1C.CNC(=O)c1ncccc1Nc1cc(Nc2ccc(N3CCOCC3)cc2C)ncc1C.COc1cc(N2CCOCC2)ccc1N. The van der Waals surface area contributed by atoms with Crippen LogP contribution in [0.15, 0.2) is 146 Å². The van der Waals surface area contributed by atoms with E-state index in [4.69, 9.17) is 36.3 Å². The summed E-state index contributed by atoms with van der Waals surface area (Å²) in [5, 5.41) is 24.8. The fourth-order valence-electron chi connectivity index (χ4n) is 10.5. The van der Waals surface area contributed by atoms with Crippen LogP contribution < -0.4 is 67.7 Å². The van der Waals surface area contributed by atoms with Crippen molar-refractivity contribution in [1.29, 1.82) is 0 Å². The van der Waals surface area contributed by atoms with Gasteiger partial charge in [0.05, 0.1) is 69.5 Å². The second-order valence-electron chi connectivity index (χ2n) is 22.9. The number of anilines is 14. The zero-order chi connectivity index (χ0) is 69.5. The summed E-state index contributed by atoms with van der Waals surface area (Å²) < 4.78 is 21.4. The second kappa shape index (κ2) is 36.5. The minimum atomic E-state index is -0.249. The molecule has 6 aromatic heterocycles. The number of halogens is 1. The third kappa shape index (κ3) is 20.4. The van der Waals surface area contributed by atoms with Gasteiger partial charge < -0.3 is 81.9 Å². The summed E-state index contributed by atoms with van der Waals surface area (Å²) in [5.41, 5.74) is 22.5. The van der Waals surface area contributed by atoms with Crippen LogP contribution in [0, 0.1) is 34.6 Å². The van der Waals surface area contributed by atoms with Crippen molar-refractivity contribution in [1.82, 2.24) is 45.9 Å². The van der Waals surface area contributed by atoms with Crippen molar-refractivity contribution >= 4 is 109 Å². The molecule has 0 atom stereocenters. The molecule has 12 rings (SSSR count). The Hall–Kier alpha value is -10.9. The first kappa shape index (κ1) is 73.9. The van der Waals surface area contributed by atoms with Crippen LogP contribution in [0.3, 0.4) is 0 Å². The Morgan fingerprint density at radius 1 is 0.424 bits per heavy atom. The van der Waals surface area contributed by atoms with Crippen LogP contribution in [0.5, 0.6) is 5.75 Å². The number of nitrogens with two attached hydrogens (primary N) is 1. The minimum Gasteiger partial charge on any atom is -0.495 e. The normalized spacial score (nSPS) is 13.2. The molecular formula is C73H89ClN18O7. The minimum absolute atomic E-state index is 0. The average molecular weight is 1370 g/mol. The van der Waals surface area contributed by atoms with Gasteiger partial charge in [-0.15, -0.1) is 0 Å². The average Bonchev–Trinajstić information content (AvgIpc) is 0.921. The number of hydrogen-bond donors (Lipinski definition) is 9. The molecule has 0 bridgehead atoms. The number of amides is 3. The number of aryl methyl sites for hydroxylation is 5. The number of methoxy groups -OCH3 is 1. The number of rotatable bonds is 17. The van der Waals surface area contributed by atoms with Gasteiger partial charge in [-0.25, -0.2) is 29.9 Å². The zero-order valence-corrected chi connectivity index (χ0v) is 57.4. The molecule has 0 saturated carbocycles. The van der Waals surface area contributed by atoms with E-state index in [2.05, 4.69) is 137 Å². The monoisotopic (exact) mass is 1360 g/mol. The molecule has 0 unspecified atom stereocenters. The predicted octanol–water partition coefficient (Wildman–Crippen LogP) is 11.8. The van der Waals surface area contributed by atoms with Gasteiger partial charge >= 0.3 is 0 Å². The predicted molar refractivity (Wildman–Crippen MR) is 397 cm³/mol. The molecule has 3 saturated heterocycles. The van der Waals surface area contributed by atoms with E-state index in [-0.39, 0.29) is 25.1 Å². The standard InChI is InChI=1S/2C24H28N6O2.C13H13ClN4O.C11H16N2O2.CH4/c2*1-16-13-18(30-9-11-32-12-10-30)6-7-19(16)29-22-14-21(17(2)15-27-22)28-20-5-4-8-26-23(20)24(31)25-3;1-8-7-17-11(14)6-10(8)18-9-4-3-5-16-12(9)13(19)15-2;1-14-11-8-9(2-3-10(11)12)13-4-6-15-7-5-13;/h2*4-8,13-15H,9-12H2,1-3H3,(H,25,31)(H2,27,28,29);3-7H,1-2H3,(H,15,19)(H,17,18);2-3,8H,4-7,12H2,1H3;1H4. The number of nitrogens with zero attached hydrogens (tertiary/aromatic N) is 9. The highest BCUT2D eigenvalue weighted by molar-refractivity contribution is 6.29. The number of carbonyl (C=O) groups excluding carboxylic acids is 3. The van der Waals surface area contributed by atoms with Crippen LogP contribution in [0.2, 0.25) is 5.15 Å². The largest absolute Gasteiger partial charge is 0.495 e. The number of pyridine rings is 6. The van der Waals surface area contributed by atoms with Crippen LogP contribution >= 0.6 is 11.6 Å². The number of aromatic nitrogens is 6. The van der Waals surface area contributed by atoms with Gasteiger partial charge in [0.1, 0.15) is 22.5 Å². The molecular weight excluding hydrogens is 1280 g/mol. The fraction of sp³-hybridized carbons (Fsp3) is 0.301. The smallest absolute Gasteiger partial charge is 0.271 e. The highest BCUT2D eigenvalue weighted by Crippen LogP contribution is 2.33. The maximum Gasteiger partial charge on any atom is 0.271 e. The van der Waals surface area contributed by atoms with Crippen LogP contribution in [-0.2, 0) is 14.2 Å². The molecule has 520 valence electrons. The summed E-state index contributed by atoms with van der Waals surface area (Å²) in [7, 11) is 6.38. The summed E-state index contributed by atoms with van der Waals surface area (Å²) in [6.07, 6.45) is 10.1. The molecule has 0 radical (unpaired) electrons. The summed E-state index contributed by atoms with van der Waals surface area (Å²) in [4.78, 5) is 68.5. The van der Waals surface area contributed by atoms with Crippen LogP contribution in [-0.4, -0.2) is 155 Å². The number of ether oxygens (including phenoxy) is 4. The maximum atomic E-state index is 12.1. The highest BCUT2D eigenvalue weighted by atomic mass is 35.5. The summed E-state index contributed by atoms with van der Waals surface area (Å²) in [6.45, 7) is 20.1. The third-order valence-corrected chi connectivity index (χ3v) is 16.3. The Labute approximate surface area is 584 Å². The number of nitrogen functional groups attached to an aromatic ring is 1. The van der Waals surface area contributed by atoms with E-state index in [1.165, 1.54) is 11.4 Å². The number of hydrogen-bond acceptors (Lipinski definition) is 22. The van der Waals surface area contributed by atoms with E-state index in [9.17, 15) is 14.4 Å². The van der Waals surface area contributed by atoms with Crippen molar-refractivity contribution in [2.24, 2.45) is 0 Å². The first-order valence-corrected chi connectivity index (χ1v) is 32.4. The topological polar surface area (TPSA) is 297 Å². The number of morpholine rings is 3. The molecule has 25 nitrogen and oxygen atoms in total. The summed E-state index contributed by atoms with van der Waals surface area (Å²) in [5.74, 6) is 1.43. The Bertz CT molecular complexity index is 4010. The molecule has 0 aliphatic carbocycles. The lowest BCUT2D eigenvalue weighted by molar-refractivity contribution is 0.0951. The first-order chi connectivity index (χ1) is 47.5. The van der Waals surface area contributed by atoms with Gasteiger partial charge in [-0.3, -0.25) is 14.4 Å². The first-order valence-electron chi connectivity index (χ1n) is 32.1. The number of nitrogens with one attached hydrogen (secondary N) is 8. The quantitative estimate of drug-likeness (QED) is 0.0302. The lowest BCUT2D eigenvalue weighted by Crippen LogP contribution is -2.36. The molecule has 9 aromatic rings. The molecule has 3 fully saturated rings. The molecule has 3 aliphatic rings. The lowest BCUT2D eigenvalue weighted by atomic mass is 10.1. The van der Waals surface area contributed by atoms with Gasteiger partial charge in [0.2, 0.25) is 0 Å². The molecule has 10 N–H and O–H groups in total. The van der Waals surface area contributed by atoms with Crippen molar-refractivity contribution in [3.05, 3.63) is 196 Å². The van der Waals surface area contributed by atoms with Gasteiger partial charge in [-0.05, 0) is 153 Å². The van der Waals surface area contributed by atoms with Gasteiger partial charge in [-0.2, -0.15) is 0 Å². The molecule has 3 aromatic carbocycles. The van der Waals surface area contributed by atoms with Gasteiger partial charge in [0, 0.05) is 161 Å². The van der Waals surface area contributed by atoms with E-state index in [1.54, 1.807) is 95.8 Å². The van der Waals surface area contributed by atoms with E-state index >= 15 is 0 Å². The Morgan fingerprint density at radius 2 is 0.768 bits per heavy atom. The van der Waals surface area contributed by atoms with E-state index in [0.717, 1.165) is 147 Å². The summed E-state index contributed by atoms with van der Waals surface area (Å²) in [6, 6.07) is 35.0.